The number of carbonyl (C=O) groups is 2. The summed E-state index contributed by atoms with van der Waals surface area (Å²) < 4.78 is 0. The molecular formula is C28H23ClN2O2. The molecule has 0 bridgehead atoms. The van der Waals surface area contributed by atoms with Crippen LogP contribution in [0.4, 0.5) is 5.69 Å². The summed E-state index contributed by atoms with van der Waals surface area (Å²) in [4.78, 5) is 25.4. The van der Waals surface area contributed by atoms with Crippen molar-refractivity contribution < 1.29 is 9.59 Å². The van der Waals surface area contributed by atoms with E-state index in [9.17, 15) is 9.59 Å². The number of hydrogen-bond acceptors (Lipinski definition) is 2. The molecule has 0 aromatic heterocycles. The first-order valence-electron chi connectivity index (χ1n) is 11.0. The van der Waals surface area contributed by atoms with Crippen LogP contribution in [0, 0.1) is 5.92 Å². The van der Waals surface area contributed by atoms with Crippen molar-refractivity contribution in [2.24, 2.45) is 5.92 Å². The Hall–Kier alpha value is -3.63. The molecule has 0 aliphatic heterocycles. The van der Waals surface area contributed by atoms with E-state index in [4.69, 9.17) is 11.6 Å². The number of anilines is 1. The predicted molar refractivity (Wildman–Crippen MR) is 132 cm³/mol. The van der Waals surface area contributed by atoms with Crippen LogP contribution in [0.2, 0.25) is 5.02 Å². The highest BCUT2D eigenvalue weighted by molar-refractivity contribution is 6.35. The first kappa shape index (κ1) is 21.2. The Labute approximate surface area is 197 Å². The molecule has 5 heteroatoms. The standard InChI is InChI=1S/C28H23ClN2O2/c29-26-11-5-8-19-12-13-22(15-24(19)26)31-28(33)25-16-23(25)20-9-4-10-21(14-20)27(32)30-17-18-6-2-1-3-7-18/h1-15,23,25H,16-17H2,(H,30,32)(H,31,33)/t23-,25+/m0/s1. The molecule has 4 aromatic rings. The number of nitrogens with one attached hydrogen (secondary N) is 2. The van der Waals surface area contributed by atoms with Crippen molar-refractivity contribution in [2.45, 2.75) is 18.9 Å². The zero-order valence-electron chi connectivity index (χ0n) is 17.9. The summed E-state index contributed by atoms with van der Waals surface area (Å²) in [5, 5.41) is 8.59. The van der Waals surface area contributed by atoms with Crippen molar-refractivity contribution in [3.8, 4) is 0 Å². The van der Waals surface area contributed by atoms with Gasteiger partial charge in [-0.3, -0.25) is 9.59 Å². The number of halogens is 1. The van der Waals surface area contributed by atoms with Gasteiger partial charge in [0.1, 0.15) is 0 Å². The van der Waals surface area contributed by atoms with Gasteiger partial charge in [-0.25, -0.2) is 0 Å². The Morgan fingerprint density at radius 2 is 1.70 bits per heavy atom. The van der Waals surface area contributed by atoms with Crippen LogP contribution in [0.15, 0.2) is 91.0 Å². The van der Waals surface area contributed by atoms with Crippen LogP contribution >= 0.6 is 11.6 Å². The molecule has 1 aliphatic rings. The van der Waals surface area contributed by atoms with Gasteiger partial charge < -0.3 is 10.6 Å². The molecule has 0 heterocycles. The minimum absolute atomic E-state index is 0.00895. The highest BCUT2D eigenvalue weighted by Gasteiger charge is 2.44. The minimum atomic E-state index is -0.115. The molecule has 4 nitrogen and oxygen atoms in total. The Kier molecular flexibility index (Phi) is 5.84. The summed E-state index contributed by atoms with van der Waals surface area (Å²) >= 11 is 6.30. The first-order chi connectivity index (χ1) is 16.1. The van der Waals surface area contributed by atoms with Gasteiger partial charge in [0.05, 0.1) is 0 Å². The molecule has 0 unspecified atom stereocenters. The molecule has 2 amide bonds. The maximum atomic E-state index is 12.8. The van der Waals surface area contributed by atoms with E-state index in [0.717, 1.165) is 34.0 Å². The summed E-state index contributed by atoms with van der Waals surface area (Å²) in [5.74, 6) is -0.105. The molecule has 2 atom stereocenters. The van der Waals surface area contributed by atoms with Crippen LogP contribution in [0.3, 0.4) is 0 Å². The van der Waals surface area contributed by atoms with Crippen LogP contribution in [0.1, 0.15) is 33.8 Å². The van der Waals surface area contributed by atoms with Crippen molar-refractivity contribution in [3.05, 3.63) is 113 Å². The second kappa shape index (κ2) is 9.08. The van der Waals surface area contributed by atoms with Gasteiger partial charge in [-0.15, -0.1) is 0 Å². The molecule has 5 rings (SSSR count). The van der Waals surface area contributed by atoms with Crippen LogP contribution in [0.25, 0.3) is 10.8 Å². The SMILES string of the molecule is O=C(NCc1ccccc1)c1cccc([C@@H]2C[C@H]2C(=O)Nc2ccc3cccc(Cl)c3c2)c1. The lowest BCUT2D eigenvalue weighted by molar-refractivity contribution is -0.117. The lowest BCUT2D eigenvalue weighted by Crippen LogP contribution is -2.22. The van der Waals surface area contributed by atoms with Gasteiger partial charge in [0.25, 0.3) is 5.91 Å². The Morgan fingerprint density at radius 1 is 0.879 bits per heavy atom. The number of amides is 2. The number of hydrogen-bond donors (Lipinski definition) is 2. The topological polar surface area (TPSA) is 58.2 Å². The van der Waals surface area contributed by atoms with Crippen LogP contribution in [0.5, 0.6) is 0 Å². The Bertz CT molecular complexity index is 1340. The van der Waals surface area contributed by atoms with Crippen LogP contribution in [-0.2, 0) is 11.3 Å². The smallest absolute Gasteiger partial charge is 0.251 e. The lowest BCUT2D eigenvalue weighted by atomic mass is 10.0. The third-order valence-electron chi connectivity index (χ3n) is 6.10. The van der Waals surface area contributed by atoms with Crippen molar-refractivity contribution in [1.82, 2.24) is 5.32 Å². The summed E-state index contributed by atoms with van der Waals surface area (Å²) in [6, 6.07) is 28.9. The van der Waals surface area contributed by atoms with Gasteiger partial charge in [-0.1, -0.05) is 72.3 Å². The van der Waals surface area contributed by atoms with E-state index in [0.29, 0.717) is 17.1 Å². The minimum Gasteiger partial charge on any atom is -0.348 e. The second-order valence-electron chi connectivity index (χ2n) is 8.41. The maximum Gasteiger partial charge on any atom is 0.251 e. The summed E-state index contributed by atoms with van der Waals surface area (Å²) in [5.41, 5.74) is 3.42. The quantitative estimate of drug-likeness (QED) is 0.366. The van der Waals surface area contributed by atoms with E-state index in [2.05, 4.69) is 10.6 Å². The highest BCUT2D eigenvalue weighted by atomic mass is 35.5. The zero-order chi connectivity index (χ0) is 22.8. The van der Waals surface area contributed by atoms with Gasteiger partial charge >= 0.3 is 0 Å². The molecule has 0 spiro atoms. The molecular weight excluding hydrogens is 432 g/mol. The van der Waals surface area contributed by atoms with Crippen molar-refractivity contribution in [3.63, 3.8) is 0 Å². The molecule has 4 aromatic carbocycles. The molecule has 2 N–H and O–H groups in total. The van der Waals surface area contributed by atoms with Gasteiger partial charge in [-0.05, 0) is 59.2 Å². The molecule has 1 fully saturated rings. The van der Waals surface area contributed by atoms with E-state index in [1.54, 1.807) is 6.07 Å². The predicted octanol–water partition coefficient (Wildman–Crippen LogP) is 6.17. The number of benzene rings is 4. The summed E-state index contributed by atoms with van der Waals surface area (Å²) in [7, 11) is 0. The van der Waals surface area contributed by atoms with Crippen LogP contribution in [-0.4, -0.2) is 11.8 Å². The van der Waals surface area contributed by atoms with E-state index < -0.39 is 0 Å². The third kappa shape index (κ3) is 4.76. The maximum absolute atomic E-state index is 12.8. The fourth-order valence-corrected chi connectivity index (χ4v) is 4.43. The molecule has 1 aliphatic carbocycles. The van der Waals surface area contributed by atoms with Crippen molar-refractivity contribution in [1.29, 1.82) is 0 Å². The van der Waals surface area contributed by atoms with E-state index >= 15 is 0 Å². The van der Waals surface area contributed by atoms with E-state index in [1.807, 2.05) is 84.9 Å². The molecule has 1 saturated carbocycles. The monoisotopic (exact) mass is 454 g/mol. The molecule has 164 valence electrons. The van der Waals surface area contributed by atoms with Crippen molar-refractivity contribution in [2.75, 3.05) is 5.32 Å². The normalized spacial score (nSPS) is 16.9. The highest BCUT2D eigenvalue weighted by Crippen LogP contribution is 2.48. The van der Waals surface area contributed by atoms with Crippen molar-refractivity contribution >= 4 is 39.9 Å². The summed E-state index contributed by atoms with van der Waals surface area (Å²) in [6.07, 6.45) is 0.773. The van der Waals surface area contributed by atoms with Gasteiger partial charge in [0.15, 0.2) is 0 Å². The fraction of sp³-hybridized carbons (Fsp3) is 0.143. The fourth-order valence-electron chi connectivity index (χ4n) is 4.19. The zero-order valence-corrected chi connectivity index (χ0v) is 18.7. The third-order valence-corrected chi connectivity index (χ3v) is 6.43. The second-order valence-corrected chi connectivity index (χ2v) is 8.81. The Morgan fingerprint density at radius 3 is 2.55 bits per heavy atom. The number of fused-ring (bicyclic) bond motifs is 1. The van der Waals surface area contributed by atoms with E-state index in [1.165, 1.54) is 0 Å². The lowest BCUT2D eigenvalue weighted by Gasteiger charge is -2.09. The largest absolute Gasteiger partial charge is 0.348 e. The molecule has 0 saturated heterocycles. The average molecular weight is 455 g/mol. The number of carbonyl (C=O) groups excluding carboxylic acids is 2. The van der Waals surface area contributed by atoms with Gasteiger partial charge in [-0.2, -0.15) is 0 Å². The molecule has 0 radical (unpaired) electrons. The van der Waals surface area contributed by atoms with Gasteiger partial charge in [0.2, 0.25) is 5.91 Å². The molecule has 33 heavy (non-hydrogen) atoms. The van der Waals surface area contributed by atoms with Crippen LogP contribution < -0.4 is 10.6 Å². The first-order valence-corrected chi connectivity index (χ1v) is 11.4. The van der Waals surface area contributed by atoms with Gasteiger partial charge in [0, 0.05) is 34.1 Å². The summed E-state index contributed by atoms with van der Waals surface area (Å²) in [6.45, 7) is 0.480. The Balaban J connectivity index is 1.22. The number of rotatable bonds is 6. The van der Waals surface area contributed by atoms with E-state index in [-0.39, 0.29) is 23.7 Å². The average Bonchev–Trinajstić information content (AvgIpc) is 3.65.